The van der Waals surface area contributed by atoms with Crippen molar-refractivity contribution in [2.45, 2.75) is 71.5 Å². The first-order valence-corrected chi connectivity index (χ1v) is 10.5. The summed E-state index contributed by atoms with van der Waals surface area (Å²) in [6, 6.07) is 4.73. The standard InChI is InChI=1S/C21H28BFN2O3S/c1-19(2,3)16-12-24-18(29-16)25-17(26)10-13-8-9-14(11-15(13)23)22-27-20(4,5)21(6,7)28-22/h8-9,11-12H,10H2,1-7H3,(H,24,25,26). The molecule has 0 saturated carbocycles. The molecule has 1 fully saturated rings. The minimum absolute atomic E-state index is 0.0317. The number of carbonyl (C=O) groups is 1. The van der Waals surface area contributed by atoms with E-state index in [4.69, 9.17) is 9.31 Å². The summed E-state index contributed by atoms with van der Waals surface area (Å²) in [5.41, 5.74) is -0.107. The van der Waals surface area contributed by atoms with Crippen LogP contribution in [0.15, 0.2) is 24.4 Å². The molecule has 2 aromatic rings. The van der Waals surface area contributed by atoms with Gasteiger partial charge < -0.3 is 14.6 Å². The molecule has 0 atom stereocenters. The number of hydrogen-bond donors (Lipinski definition) is 1. The van der Waals surface area contributed by atoms with E-state index < -0.39 is 24.1 Å². The third-order valence-electron chi connectivity index (χ3n) is 5.44. The lowest BCUT2D eigenvalue weighted by molar-refractivity contribution is -0.115. The number of amides is 1. The normalized spacial score (nSPS) is 18.1. The minimum Gasteiger partial charge on any atom is -0.399 e. The van der Waals surface area contributed by atoms with Crippen LogP contribution in [0.25, 0.3) is 0 Å². The molecule has 0 spiro atoms. The van der Waals surface area contributed by atoms with Crippen molar-refractivity contribution < 1.29 is 18.5 Å². The van der Waals surface area contributed by atoms with Gasteiger partial charge in [-0.25, -0.2) is 9.37 Å². The summed E-state index contributed by atoms with van der Waals surface area (Å²) in [7, 11) is -0.636. The predicted molar refractivity (Wildman–Crippen MR) is 115 cm³/mol. The van der Waals surface area contributed by atoms with Crippen LogP contribution in [0.1, 0.15) is 58.9 Å². The number of aromatic nitrogens is 1. The van der Waals surface area contributed by atoms with Crippen LogP contribution >= 0.6 is 11.3 Å². The van der Waals surface area contributed by atoms with Crippen LogP contribution in [0, 0.1) is 5.82 Å². The molecule has 1 aromatic heterocycles. The van der Waals surface area contributed by atoms with Gasteiger partial charge in [0.25, 0.3) is 0 Å². The van der Waals surface area contributed by atoms with Crippen LogP contribution in [-0.4, -0.2) is 29.2 Å². The second-order valence-electron chi connectivity index (χ2n) is 9.44. The zero-order valence-electron chi connectivity index (χ0n) is 18.1. The number of thiazole rings is 1. The average molecular weight is 418 g/mol. The maximum Gasteiger partial charge on any atom is 0.494 e. The molecule has 1 aromatic carbocycles. The lowest BCUT2D eigenvalue weighted by Gasteiger charge is -2.32. The van der Waals surface area contributed by atoms with Crippen molar-refractivity contribution in [2.75, 3.05) is 5.32 Å². The van der Waals surface area contributed by atoms with Crippen LogP contribution in [-0.2, 0) is 25.9 Å². The SMILES string of the molecule is CC(C)(C)c1cnc(NC(=O)Cc2ccc(B3OC(C)(C)C(C)(C)O3)cc2F)s1. The highest BCUT2D eigenvalue weighted by Gasteiger charge is 2.51. The molecule has 0 radical (unpaired) electrons. The van der Waals surface area contributed by atoms with E-state index in [9.17, 15) is 9.18 Å². The number of halogens is 1. The first kappa shape index (κ1) is 21.9. The number of carbonyl (C=O) groups excluding carboxylic acids is 1. The Labute approximate surface area is 176 Å². The second kappa shape index (κ2) is 7.49. The summed E-state index contributed by atoms with van der Waals surface area (Å²) in [4.78, 5) is 17.7. The zero-order valence-corrected chi connectivity index (χ0v) is 18.9. The highest BCUT2D eigenvalue weighted by atomic mass is 32.1. The molecule has 29 heavy (non-hydrogen) atoms. The van der Waals surface area contributed by atoms with Gasteiger partial charge in [0, 0.05) is 11.1 Å². The Morgan fingerprint density at radius 2 is 1.83 bits per heavy atom. The minimum atomic E-state index is -0.636. The Bertz CT molecular complexity index is 905. The second-order valence-corrected chi connectivity index (χ2v) is 10.5. The Hall–Kier alpha value is -1.77. The van der Waals surface area contributed by atoms with Crippen molar-refractivity contribution >= 4 is 35.0 Å². The fourth-order valence-corrected chi connectivity index (χ4v) is 3.74. The average Bonchev–Trinajstić information content (AvgIpc) is 3.11. The Morgan fingerprint density at radius 3 is 2.34 bits per heavy atom. The van der Waals surface area contributed by atoms with Gasteiger partial charge in [-0.2, -0.15) is 0 Å². The molecule has 5 nitrogen and oxygen atoms in total. The molecule has 1 aliphatic heterocycles. The summed E-state index contributed by atoms with van der Waals surface area (Å²) in [5.74, 6) is -0.760. The first-order chi connectivity index (χ1) is 13.3. The van der Waals surface area contributed by atoms with Crippen LogP contribution in [0.3, 0.4) is 0 Å². The largest absolute Gasteiger partial charge is 0.494 e. The van der Waals surface area contributed by atoms with Crippen molar-refractivity contribution in [3.05, 3.63) is 40.7 Å². The Kier molecular flexibility index (Phi) is 5.66. The molecule has 1 saturated heterocycles. The van der Waals surface area contributed by atoms with Gasteiger partial charge in [0.05, 0.1) is 17.6 Å². The highest BCUT2D eigenvalue weighted by molar-refractivity contribution is 7.15. The van der Waals surface area contributed by atoms with E-state index in [2.05, 4.69) is 31.1 Å². The van der Waals surface area contributed by atoms with Crippen LogP contribution in [0.4, 0.5) is 9.52 Å². The summed E-state index contributed by atoms with van der Waals surface area (Å²) < 4.78 is 26.6. The topological polar surface area (TPSA) is 60.5 Å². The maximum atomic E-state index is 14.6. The monoisotopic (exact) mass is 418 g/mol. The van der Waals surface area contributed by atoms with Gasteiger partial charge in [-0.05, 0) is 50.2 Å². The van der Waals surface area contributed by atoms with E-state index in [0.29, 0.717) is 16.2 Å². The van der Waals surface area contributed by atoms with E-state index in [-0.39, 0.29) is 17.7 Å². The summed E-state index contributed by atoms with van der Waals surface area (Å²) >= 11 is 1.43. The van der Waals surface area contributed by atoms with Gasteiger partial charge in [-0.3, -0.25) is 4.79 Å². The predicted octanol–water partition coefficient (Wildman–Crippen LogP) is 4.06. The molecule has 1 amide bonds. The smallest absolute Gasteiger partial charge is 0.399 e. The summed E-state index contributed by atoms with van der Waals surface area (Å²) in [5, 5.41) is 3.28. The van der Waals surface area contributed by atoms with Gasteiger partial charge >= 0.3 is 7.12 Å². The molecule has 8 heteroatoms. The highest BCUT2D eigenvalue weighted by Crippen LogP contribution is 2.36. The van der Waals surface area contributed by atoms with Gasteiger partial charge in [0.1, 0.15) is 5.82 Å². The number of anilines is 1. The van der Waals surface area contributed by atoms with E-state index >= 15 is 0 Å². The molecule has 0 aliphatic carbocycles. The quantitative estimate of drug-likeness (QED) is 0.761. The van der Waals surface area contributed by atoms with Crippen LogP contribution in [0.5, 0.6) is 0 Å². The van der Waals surface area contributed by atoms with E-state index in [0.717, 1.165) is 4.88 Å². The molecule has 3 rings (SSSR count). The van der Waals surface area contributed by atoms with Gasteiger partial charge in [0.2, 0.25) is 5.91 Å². The Morgan fingerprint density at radius 1 is 1.21 bits per heavy atom. The molecule has 1 aliphatic rings. The van der Waals surface area contributed by atoms with Crippen LogP contribution < -0.4 is 10.8 Å². The number of nitrogens with zero attached hydrogens (tertiary/aromatic N) is 1. The molecule has 0 bridgehead atoms. The van der Waals surface area contributed by atoms with Gasteiger partial charge in [-0.1, -0.05) is 32.9 Å². The lowest BCUT2D eigenvalue weighted by Crippen LogP contribution is -2.41. The van der Waals surface area contributed by atoms with Crippen molar-refractivity contribution in [1.82, 2.24) is 4.98 Å². The van der Waals surface area contributed by atoms with Crippen molar-refractivity contribution in [3.63, 3.8) is 0 Å². The van der Waals surface area contributed by atoms with Crippen molar-refractivity contribution in [2.24, 2.45) is 0 Å². The van der Waals surface area contributed by atoms with Crippen molar-refractivity contribution in [1.29, 1.82) is 0 Å². The fraction of sp³-hybridized carbons (Fsp3) is 0.524. The maximum absolute atomic E-state index is 14.6. The number of benzene rings is 1. The third kappa shape index (κ3) is 4.70. The van der Waals surface area contributed by atoms with E-state index in [1.54, 1.807) is 18.3 Å². The summed E-state index contributed by atoms with van der Waals surface area (Å²) in [6.07, 6.45) is 1.69. The number of nitrogens with one attached hydrogen (secondary N) is 1. The molecule has 156 valence electrons. The van der Waals surface area contributed by atoms with Gasteiger partial charge in [-0.15, -0.1) is 11.3 Å². The Balaban J connectivity index is 1.67. The van der Waals surface area contributed by atoms with E-state index in [1.807, 2.05) is 27.7 Å². The first-order valence-electron chi connectivity index (χ1n) is 9.69. The van der Waals surface area contributed by atoms with Crippen molar-refractivity contribution in [3.8, 4) is 0 Å². The van der Waals surface area contributed by atoms with Crippen LogP contribution in [0.2, 0.25) is 0 Å². The number of hydrogen-bond acceptors (Lipinski definition) is 5. The molecular weight excluding hydrogens is 390 g/mol. The zero-order chi connectivity index (χ0) is 21.6. The molecule has 0 unspecified atom stereocenters. The lowest BCUT2D eigenvalue weighted by atomic mass is 9.78. The fourth-order valence-electron chi connectivity index (χ4n) is 2.85. The third-order valence-corrected chi connectivity index (χ3v) is 6.78. The summed E-state index contributed by atoms with van der Waals surface area (Å²) in [6.45, 7) is 14.1. The number of rotatable bonds is 4. The van der Waals surface area contributed by atoms with E-state index in [1.165, 1.54) is 17.4 Å². The molecule has 2 heterocycles. The molecular formula is C21H28BFN2O3S. The van der Waals surface area contributed by atoms with Gasteiger partial charge in [0.15, 0.2) is 5.13 Å². The molecule has 1 N–H and O–H groups in total.